The van der Waals surface area contributed by atoms with Crippen LogP contribution in [-0.4, -0.2) is 46.5 Å². The van der Waals surface area contributed by atoms with Crippen molar-refractivity contribution in [2.45, 2.75) is 43.6 Å². The summed E-state index contributed by atoms with van der Waals surface area (Å²) < 4.78 is 1.93. The first-order chi connectivity index (χ1) is 15.2. The zero-order valence-corrected chi connectivity index (χ0v) is 17.8. The highest BCUT2D eigenvalue weighted by molar-refractivity contribution is 5.89. The lowest BCUT2D eigenvalue weighted by molar-refractivity contribution is -0.130. The highest BCUT2D eigenvalue weighted by Crippen LogP contribution is 2.43. The molecule has 0 spiro atoms. The Kier molecular flexibility index (Phi) is 5.40. The van der Waals surface area contributed by atoms with Crippen LogP contribution in [0.1, 0.15) is 43.7 Å². The Labute approximate surface area is 182 Å². The van der Waals surface area contributed by atoms with E-state index in [-0.39, 0.29) is 23.1 Å². The van der Waals surface area contributed by atoms with Crippen molar-refractivity contribution in [1.82, 2.24) is 19.8 Å². The summed E-state index contributed by atoms with van der Waals surface area (Å²) in [5, 5.41) is 3.20. The van der Waals surface area contributed by atoms with E-state index in [2.05, 4.69) is 27.3 Å². The number of fused-ring (bicyclic) bond motifs is 1. The molecular weight excluding hydrogens is 388 g/mol. The van der Waals surface area contributed by atoms with Gasteiger partial charge in [0, 0.05) is 32.2 Å². The Bertz CT molecular complexity index is 1110. The van der Waals surface area contributed by atoms with Gasteiger partial charge in [-0.25, -0.2) is 4.79 Å². The van der Waals surface area contributed by atoms with Gasteiger partial charge in [0.25, 0.3) is 0 Å². The minimum absolute atomic E-state index is 0.0152. The van der Waals surface area contributed by atoms with E-state index in [0.717, 1.165) is 68.3 Å². The van der Waals surface area contributed by atoms with E-state index >= 15 is 0 Å². The predicted molar refractivity (Wildman–Crippen MR) is 122 cm³/mol. The molecule has 2 N–H and O–H groups in total. The number of nitrogens with one attached hydrogen (secondary N) is 2. The number of imidazole rings is 1. The van der Waals surface area contributed by atoms with E-state index in [1.807, 2.05) is 47.0 Å². The van der Waals surface area contributed by atoms with Crippen LogP contribution >= 0.6 is 0 Å². The van der Waals surface area contributed by atoms with Crippen molar-refractivity contribution in [3.8, 4) is 0 Å². The maximum absolute atomic E-state index is 13.0. The van der Waals surface area contributed by atoms with Crippen molar-refractivity contribution < 1.29 is 4.79 Å². The van der Waals surface area contributed by atoms with Crippen LogP contribution in [0.2, 0.25) is 0 Å². The van der Waals surface area contributed by atoms with Crippen LogP contribution in [0.3, 0.4) is 0 Å². The molecule has 2 aliphatic rings. The van der Waals surface area contributed by atoms with Crippen LogP contribution in [0.25, 0.3) is 11.0 Å². The zero-order valence-electron chi connectivity index (χ0n) is 17.8. The minimum atomic E-state index is -0.329. The number of rotatable bonds is 6. The van der Waals surface area contributed by atoms with Crippen molar-refractivity contribution in [2.75, 3.05) is 26.2 Å². The molecule has 6 nitrogen and oxygen atoms in total. The normalized spacial score (nSPS) is 19.2. The molecule has 1 aromatic heterocycles. The number of aromatic amines is 1. The number of amides is 1. The molecule has 1 saturated carbocycles. The summed E-state index contributed by atoms with van der Waals surface area (Å²) in [7, 11) is 0. The Morgan fingerprint density at radius 1 is 1.03 bits per heavy atom. The molecule has 0 radical (unpaired) electrons. The van der Waals surface area contributed by atoms with Gasteiger partial charge >= 0.3 is 5.69 Å². The smallest absolute Gasteiger partial charge is 0.326 e. The van der Waals surface area contributed by atoms with Gasteiger partial charge in [-0.3, -0.25) is 9.36 Å². The number of likely N-dealkylation sites (tertiary alicyclic amines) is 1. The molecule has 1 aliphatic carbocycles. The maximum Gasteiger partial charge on any atom is 0.326 e. The van der Waals surface area contributed by atoms with E-state index < -0.39 is 0 Å². The summed E-state index contributed by atoms with van der Waals surface area (Å²) in [5.41, 5.74) is 2.69. The van der Waals surface area contributed by atoms with Gasteiger partial charge in [0.1, 0.15) is 0 Å². The Hall–Kier alpha value is -2.86. The van der Waals surface area contributed by atoms with Gasteiger partial charge < -0.3 is 15.2 Å². The summed E-state index contributed by atoms with van der Waals surface area (Å²) in [6, 6.07) is 18.3. The number of piperidine rings is 1. The molecule has 2 aromatic carbocycles. The molecule has 2 heterocycles. The van der Waals surface area contributed by atoms with Gasteiger partial charge in [0.2, 0.25) is 5.91 Å². The number of nitrogens with zero attached hydrogens (tertiary/aromatic N) is 2. The fraction of sp³-hybridized carbons (Fsp3) is 0.440. The van der Waals surface area contributed by atoms with Crippen molar-refractivity contribution in [1.29, 1.82) is 0 Å². The highest BCUT2D eigenvalue weighted by Gasteiger charge is 2.45. The molecule has 1 amide bonds. The standard InChI is InChI=1S/C25H30N4O2/c30-23(25(13-6-14-25)19-7-2-1-3-8-19)26-15-18-28-16-11-20(12-17-28)29-22-10-5-4-9-21(22)27-24(29)31/h1-5,7-10,20H,6,11-18H2,(H,26,30)(H,27,31). The van der Waals surface area contributed by atoms with Crippen LogP contribution < -0.4 is 11.0 Å². The second-order valence-electron chi connectivity index (χ2n) is 8.95. The third kappa shape index (κ3) is 3.69. The highest BCUT2D eigenvalue weighted by atomic mass is 16.2. The monoisotopic (exact) mass is 418 g/mol. The SMILES string of the molecule is O=C(NCCN1CCC(n2c(=O)[nH]c3ccccc32)CC1)C1(c2ccccc2)CCC1. The van der Waals surface area contributed by atoms with E-state index in [0.29, 0.717) is 6.54 Å². The second kappa shape index (κ2) is 8.35. The first-order valence-electron chi connectivity index (χ1n) is 11.4. The summed E-state index contributed by atoms with van der Waals surface area (Å²) in [6.07, 6.45) is 4.89. The van der Waals surface area contributed by atoms with E-state index in [9.17, 15) is 9.59 Å². The molecule has 6 heteroatoms. The molecule has 1 saturated heterocycles. The summed E-state index contributed by atoms with van der Waals surface area (Å²) >= 11 is 0. The molecule has 5 rings (SSSR count). The quantitative estimate of drug-likeness (QED) is 0.646. The maximum atomic E-state index is 13.0. The summed E-state index contributed by atoms with van der Waals surface area (Å²) in [4.78, 5) is 30.8. The molecule has 3 aromatic rings. The first kappa shape index (κ1) is 20.1. The van der Waals surface area contributed by atoms with Gasteiger partial charge in [0.05, 0.1) is 16.4 Å². The Balaban J connectivity index is 1.14. The Morgan fingerprint density at radius 3 is 2.45 bits per heavy atom. The Morgan fingerprint density at radius 2 is 1.74 bits per heavy atom. The molecule has 1 aliphatic heterocycles. The third-order valence-corrected chi connectivity index (χ3v) is 7.23. The summed E-state index contributed by atoms with van der Waals surface area (Å²) in [6.45, 7) is 3.41. The van der Waals surface area contributed by atoms with Crippen LogP contribution in [-0.2, 0) is 10.2 Å². The molecule has 0 unspecified atom stereocenters. The van der Waals surface area contributed by atoms with E-state index in [4.69, 9.17) is 0 Å². The molecule has 2 fully saturated rings. The number of H-pyrrole nitrogens is 1. The van der Waals surface area contributed by atoms with Gasteiger partial charge in [-0.1, -0.05) is 48.9 Å². The molecule has 162 valence electrons. The van der Waals surface area contributed by atoms with Crippen molar-refractivity contribution in [3.05, 3.63) is 70.6 Å². The van der Waals surface area contributed by atoms with Gasteiger partial charge in [-0.05, 0) is 43.4 Å². The lowest BCUT2D eigenvalue weighted by Crippen LogP contribution is -2.51. The van der Waals surface area contributed by atoms with E-state index in [1.54, 1.807) is 0 Å². The molecule has 31 heavy (non-hydrogen) atoms. The minimum Gasteiger partial charge on any atom is -0.354 e. The van der Waals surface area contributed by atoms with Gasteiger partial charge in [-0.2, -0.15) is 0 Å². The molecule has 0 atom stereocenters. The largest absolute Gasteiger partial charge is 0.354 e. The number of hydrogen-bond donors (Lipinski definition) is 2. The number of carbonyl (C=O) groups excluding carboxylic acids is 1. The predicted octanol–water partition coefficient (Wildman–Crippen LogP) is 3.20. The van der Waals surface area contributed by atoms with Crippen LogP contribution in [0.5, 0.6) is 0 Å². The fourth-order valence-electron chi connectivity index (χ4n) is 5.27. The number of carbonyl (C=O) groups is 1. The number of aromatic nitrogens is 2. The number of para-hydroxylation sites is 2. The van der Waals surface area contributed by atoms with Gasteiger partial charge in [-0.15, -0.1) is 0 Å². The first-order valence-corrected chi connectivity index (χ1v) is 11.4. The van der Waals surface area contributed by atoms with Gasteiger partial charge in [0.15, 0.2) is 0 Å². The average molecular weight is 419 g/mol. The topological polar surface area (TPSA) is 70.1 Å². The molecule has 0 bridgehead atoms. The number of hydrogen-bond acceptors (Lipinski definition) is 3. The van der Waals surface area contributed by atoms with Crippen molar-refractivity contribution >= 4 is 16.9 Å². The lowest BCUT2D eigenvalue weighted by atomic mass is 9.64. The van der Waals surface area contributed by atoms with Crippen molar-refractivity contribution in [3.63, 3.8) is 0 Å². The second-order valence-corrected chi connectivity index (χ2v) is 8.95. The van der Waals surface area contributed by atoms with E-state index in [1.165, 1.54) is 0 Å². The fourth-order valence-corrected chi connectivity index (χ4v) is 5.27. The number of benzene rings is 2. The average Bonchev–Trinajstić information content (AvgIpc) is 3.10. The van der Waals surface area contributed by atoms with Crippen molar-refractivity contribution in [2.24, 2.45) is 0 Å². The third-order valence-electron chi connectivity index (χ3n) is 7.23. The van der Waals surface area contributed by atoms with Crippen LogP contribution in [0.4, 0.5) is 0 Å². The lowest BCUT2D eigenvalue weighted by Gasteiger charge is -2.41. The van der Waals surface area contributed by atoms with Crippen LogP contribution in [0.15, 0.2) is 59.4 Å². The van der Waals surface area contributed by atoms with Crippen LogP contribution in [0, 0.1) is 0 Å². The summed E-state index contributed by atoms with van der Waals surface area (Å²) in [5.74, 6) is 0.171. The zero-order chi connectivity index (χ0) is 21.3. The molecular formula is C25H30N4O2.